The number of nitrogens with two attached hydrogens (primary N) is 1. The number of halogens is 2. The van der Waals surface area contributed by atoms with Crippen molar-refractivity contribution in [2.24, 2.45) is 5.73 Å². The first-order valence-corrected chi connectivity index (χ1v) is 34.0. The number of anilines is 1. The van der Waals surface area contributed by atoms with Gasteiger partial charge in [-0.3, -0.25) is 28.0 Å². The predicted octanol–water partition coefficient (Wildman–Crippen LogP) is 9.74. The number of unbranched alkanes of at least 4 members (excludes halogenated alkanes) is 1. The number of para-hydroxylation sites is 1. The van der Waals surface area contributed by atoms with Gasteiger partial charge in [0, 0.05) is 43.3 Å². The molecule has 0 bridgehead atoms. The van der Waals surface area contributed by atoms with E-state index in [1.165, 1.54) is 35.5 Å². The van der Waals surface area contributed by atoms with Crippen molar-refractivity contribution in [2.45, 2.75) is 114 Å². The molecule has 24 nitrogen and oxygen atoms in total. The molecule has 3 aromatic heterocycles. The molecule has 1 amide bonds. The van der Waals surface area contributed by atoms with Gasteiger partial charge in [-0.15, -0.1) is 16.5 Å². The summed E-state index contributed by atoms with van der Waals surface area (Å²) in [5.74, 6) is 0.237. The van der Waals surface area contributed by atoms with Gasteiger partial charge in [0.05, 0.1) is 63.3 Å². The molecular formula is C63H65F2N9O15P2S. The van der Waals surface area contributed by atoms with Crippen LogP contribution in [0.5, 0.6) is 17.2 Å². The fraction of sp³-hybridized carbons (Fsp3) is 0.349. The second-order valence-corrected chi connectivity index (χ2v) is 26.3. The molecule has 1 unspecified atom stereocenters. The number of aryl methyl sites for hydroxylation is 1. The molecule has 0 spiro atoms. The number of carbonyl (C=O) groups excluding carboxylic acids is 4. The van der Waals surface area contributed by atoms with Crippen LogP contribution in [0.4, 0.5) is 14.5 Å². The van der Waals surface area contributed by atoms with Gasteiger partial charge in [0.15, 0.2) is 24.2 Å². The lowest BCUT2D eigenvalue weighted by Gasteiger charge is -2.28. The van der Waals surface area contributed by atoms with Gasteiger partial charge in [-0.05, 0) is 91.1 Å². The molecule has 2 fully saturated rings. The molecule has 2 saturated heterocycles. The van der Waals surface area contributed by atoms with Crippen LogP contribution in [0.15, 0.2) is 134 Å². The Morgan fingerprint density at radius 1 is 0.815 bits per heavy atom. The topological polar surface area (TPSA) is 292 Å². The van der Waals surface area contributed by atoms with Crippen LogP contribution >= 0.6 is 27.0 Å². The molecule has 3 aliphatic rings. The highest BCUT2D eigenvalue weighted by Gasteiger charge is 2.51. The van der Waals surface area contributed by atoms with Gasteiger partial charge in [-0.25, -0.2) is 33.2 Å². The molecule has 29 heteroatoms. The zero-order valence-corrected chi connectivity index (χ0v) is 52.7. The fourth-order valence-electron chi connectivity index (χ4n) is 10.6. The second-order valence-electron chi connectivity index (χ2n) is 21.9. The Morgan fingerprint density at radius 3 is 2.27 bits per heavy atom. The number of aliphatic hydroxyl groups excluding tert-OH is 1. The summed E-state index contributed by atoms with van der Waals surface area (Å²) in [6.07, 6.45) is -7.98. The number of esters is 3. The van der Waals surface area contributed by atoms with E-state index in [1.807, 2.05) is 60.7 Å². The van der Waals surface area contributed by atoms with Gasteiger partial charge in [-0.1, -0.05) is 71.9 Å². The number of amides is 1. The molecule has 0 saturated carbocycles. The summed E-state index contributed by atoms with van der Waals surface area (Å²) < 4.78 is 98.3. The van der Waals surface area contributed by atoms with Crippen LogP contribution in [-0.2, 0) is 72.2 Å². The lowest BCUT2D eigenvalue weighted by atomic mass is 9.95. The molecule has 3 N–H and O–H groups in total. The predicted molar refractivity (Wildman–Crippen MR) is 334 cm³/mol. The maximum Gasteiger partial charge on any atom is 0.343 e. The number of alkyl halides is 2. The van der Waals surface area contributed by atoms with E-state index in [9.17, 15) is 33.2 Å². The number of rotatable bonds is 26. The Bertz CT molecular complexity index is 3970. The summed E-state index contributed by atoms with van der Waals surface area (Å²) in [4.78, 5) is 65.7. The van der Waals surface area contributed by atoms with Crippen molar-refractivity contribution in [3.8, 4) is 39.8 Å². The molecule has 10 atom stereocenters. The average molecular weight is 1320 g/mol. The number of aliphatic hydroxyl groups is 1. The largest absolute Gasteiger partial charge is 0.492 e. The minimum Gasteiger partial charge on any atom is -0.492 e. The molecular weight excluding hydrogens is 1250 g/mol. The van der Waals surface area contributed by atoms with Crippen molar-refractivity contribution in [3.63, 3.8) is 0 Å². The Labute approximate surface area is 532 Å². The normalized spacial score (nSPS) is 20.8. The summed E-state index contributed by atoms with van der Waals surface area (Å²) in [6, 6.07) is 35.7. The number of carbonyl (C=O) groups is 4. The van der Waals surface area contributed by atoms with Gasteiger partial charge >= 0.3 is 25.5 Å². The number of imidazole rings is 1. The van der Waals surface area contributed by atoms with Crippen molar-refractivity contribution in [3.05, 3.63) is 162 Å². The van der Waals surface area contributed by atoms with Crippen LogP contribution in [0.2, 0.25) is 0 Å². The number of aromatic nitrogens is 7. The van der Waals surface area contributed by atoms with Crippen LogP contribution in [0.3, 0.4) is 0 Å². The van der Waals surface area contributed by atoms with Crippen LogP contribution in [0, 0.1) is 6.92 Å². The minimum absolute atomic E-state index is 0.108. The molecule has 8 aromatic rings. The fourth-order valence-corrected chi connectivity index (χ4v) is 13.6. The molecule has 11 rings (SSSR count). The number of benzene rings is 5. The third-order valence-electron chi connectivity index (χ3n) is 15.3. The maximum absolute atomic E-state index is 16.5. The van der Waals surface area contributed by atoms with Crippen molar-refractivity contribution in [2.75, 3.05) is 31.4 Å². The Hall–Kier alpha value is -7.94. The van der Waals surface area contributed by atoms with E-state index in [0.29, 0.717) is 76.2 Å². The van der Waals surface area contributed by atoms with E-state index < -0.39 is 75.4 Å². The summed E-state index contributed by atoms with van der Waals surface area (Å²) in [5.41, 5.74) is 13.4. The van der Waals surface area contributed by atoms with Crippen molar-refractivity contribution in [1.82, 2.24) is 34.5 Å². The number of nitrogens with zero attached hydrogens (tertiary/aromatic N) is 8. The molecule has 92 heavy (non-hydrogen) atoms. The third kappa shape index (κ3) is 15.7. The van der Waals surface area contributed by atoms with Gasteiger partial charge in [0.1, 0.15) is 78.6 Å². The lowest BCUT2D eigenvalue weighted by Crippen LogP contribution is -2.35. The van der Waals surface area contributed by atoms with Gasteiger partial charge in [-0.2, -0.15) is 0 Å². The van der Waals surface area contributed by atoms with Crippen molar-refractivity contribution in [1.29, 1.82) is 0 Å². The number of hydrogen-bond acceptors (Lipinski definition) is 22. The zero-order chi connectivity index (χ0) is 64.5. The molecule has 3 aliphatic heterocycles. The smallest absolute Gasteiger partial charge is 0.343 e. The van der Waals surface area contributed by atoms with Gasteiger partial charge in [0.2, 0.25) is 5.91 Å². The SMILES string of the molecule is CC(=O)OCc1ccc(OC(=O)CCCCC(=O)N2Cc3ccccc3-c3c(nnn3CCOc3ccc(C(=O)Oc4ccc(CSPOC[C@H]5O[C@@H](n6cnc7c(C)ncnc76)[C@H](F)[C@@H]5O[P@@](C)(=O)OC[C@H]5O[C@@H](N)[C@H](F)[C@@H]5O)cc4)cc3)-c3ccccc32)cc1. The molecule has 482 valence electrons. The van der Waals surface area contributed by atoms with E-state index in [4.69, 9.17) is 47.7 Å². The average Bonchev–Trinajstić information content (AvgIpc) is 1.51. The van der Waals surface area contributed by atoms with E-state index in [0.717, 1.165) is 40.2 Å². The van der Waals surface area contributed by atoms with Crippen molar-refractivity contribution >= 4 is 67.7 Å². The van der Waals surface area contributed by atoms with E-state index in [-0.39, 0.29) is 59.1 Å². The van der Waals surface area contributed by atoms with Crippen molar-refractivity contribution < 1.29 is 79.6 Å². The molecule has 5 aromatic carbocycles. The highest BCUT2D eigenvalue weighted by molar-refractivity contribution is 8.47. The van der Waals surface area contributed by atoms with Crippen LogP contribution < -0.4 is 24.8 Å². The Kier molecular flexibility index (Phi) is 21.2. The highest BCUT2D eigenvalue weighted by Crippen LogP contribution is 2.51. The lowest BCUT2D eigenvalue weighted by molar-refractivity contribution is -0.142. The summed E-state index contributed by atoms with van der Waals surface area (Å²) in [6.45, 7) is 4.43. The highest BCUT2D eigenvalue weighted by atomic mass is 32.7. The Morgan fingerprint density at radius 2 is 1.52 bits per heavy atom. The third-order valence-corrected chi connectivity index (χ3v) is 18.6. The monoisotopic (exact) mass is 1320 g/mol. The van der Waals surface area contributed by atoms with Crippen LogP contribution in [-0.4, -0.2) is 133 Å². The minimum atomic E-state index is -4.10. The number of fused-ring (bicyclic) bond motifs is 6. The molecule has 0 radical (unpaired) electrons. The number of ether oxygens (including phenoxy) is 6. The zero-order valence-electron chi connectivity index (χ0n) is 50.0. The first-order valence-electron chi connectivity index (χ1n) is 29.4. The van der Waals surface area contributed by atoms with Crippen LogP contribution in [0.1, 0.15) is 71.6 Å². The summed E-state index contributed by atoms with van der Waals surface area (Å²) in [7, 11) is -4.25. The van der Waals surface area contributed by atoms with E-state index in [2.05, 4.69) is 25.3 Å². The quantitative estimate of drug-likeness (QED) is 0.0220. The standard InChI is InChI=1S/C63H65F2N9O15P2S/c1-37-55-61(68-35-67-37)73(36-69-55)62-54(65)59(89-91(3,80)84-33-49-58(78)53(64)60(66)87-49)50(88-62)32-83-90-92-34-40-18-24-45(25-19-40)86-63(79)41-20-26-43(27-21-41)81-29-28-74-57-46-11-5-4-10-42(46)30-72(48-13-7-6-12-47(48)56(57)70-71-74)51(76)14-8-9-15-52(77)85-44-22-16-39(17-23-44)31-82-38(2)75/h4-7,10-13,16-27,35-36,49-50,53-54,58-60,62,78,90H,8-9,14-15,28-34,66H2,1-3H3/t49-,50-,53-,54-,58-,59-,60-,62-,91+/m1/s1. The summed E-state index contributed by atoms with van der Waals surface area (Å²) in [5, 5.41) is 19.4. The van der Waals surface area contributed by atoms with Gasteiger partial charge in [0.25, 0.3) is 0 Å². The first-order chi connectivity index (χ1) is 44.5. The van der Waals surface area contributed by atoms with Gasteiger partial charge < -0.3 is 53.2 Å². The Balaban J connectivity index is 0.639. The number of hydrogen-bond donors (Lipinski definition) is 2. The van der Waals surface area contributed by atoms with E-state index in [1.54, 1.807) is 77.2 Å². The van der Waals surface area contributed by atoms with Crippen LogP contribution in [0.25, 0.3) is 33.7 Å². The molecule has 6 heterocycles. The first kappa shape index (κ1) is 65.5. The molecule has 0 aliphatic carbocycles. The van der Waals surface area contributed by atoms with E-state index >= 15 is 4.39 Å². The second kappa shape index (κ2) is 29.8. The summed E-state index contributed by atoms with van der Waals surface area (Å²) >= 11 is 1.43. The maximum atomic E-state index is 16.5.